The van der Waals surface area contributed by atoms with Crippen molar-refractivity contribution in [2.75, 3.05) is 5.01 Å². The summed E-state index contributed by atoms with van der Waals surface area (Å²) in [5.41, 5.74) is 5.27. The summed E-state index contributed by atoms with van der Waals surface area (Å²) in [7, 11) is 0. The number of nitrogens with zero attached hydrogens (tertiary/aromatic N) is 3. The number of alkyl halides is 3. The molecule has 0 radical (unpaired) electrons. The molecule has 2 aromatic carbocycles. The number of hydrogen-bond acceptors (Lipinski definition) is 4. The maximum Gasteiger partial charge on any atom is 0.573 e. The molecule has 0 unspecified atom stereocenters. The predicted octanol–water partition coefficient (Wildman–Crippen LogP) is 4.79. The normalized spacial score (nSPS) is 13.8. The van der Waals surface area contributed by atoms with Crippen LogP contribution < -0.4 is 15.2 Å². The highest BCUT2D eigenvalue weighted by atomic mass is 19.4. The van der Waals surface area contributed by atoms with Gasteiger partial charge in [0.05, 0.1) is 29.0 Å². The lowest BCUT2D eigenvalue weighted by atomic mass is 10.2. The molecular weight excluding hydrogens is 388 g/mol. The van der Waals surface area contributed by atoms with E-state index in [-0.39, 0.29) is 5.69 Å². The Hall–Kier alpha value is -3.75. The average molecular weight is 402 g/mol. The summed E-state index contributed by atoms with van der Waals surface area (Å²) in [5.74, 6) is -1.50. The number of allylic oxidation sites excluding steroid dienone is 2. The predicted molar refractivity (Wildman–Crippen MR) is 99.4 cm³/mol. The minimum atomic E-state index is -4.89. The van der Waals surface area contributed by atoms with Crippen molar-refractivity contribution in [3.8, 4) is 11.4 Å². The van der Waals surface area contributed by atoms with Crippen molar-refractivity contribution < 1.29 is 22.3 Å². The van der Waals surface area contributed by atoms with E-state index >= 15 is 0 Å². The summed E-state index contributed by atoms with van der Waals surface area (Å²) in [6, 6.07) is 14.2. The highest BCUT2D eigenvalue weighted by Crippen LogP contribution is 2.29. The molecule has 0 bridgehead atoms. The Kier molecular flexibility index (Phi) is 4.71. The quantitative estimate of drug-likeness (QED) is 0.638. The highest BCUT2D eigenvalue weighted by Gasteiger charge is 2.31. The van der Waals surface area contributed by atoms with Crippen LogP contribution in [0, 0.1) is 5.82 Å². The summed E-state index contributed by atoms with van der Waals surface area (Å²) in [6.45, 7) is 0. The first-order valence-electron chi connectivity index (χ1n) is 8.50. The molecule has 0 saturated heterocycles. The first kappa shape index (κ1) is 18.6. The van der Waals surface area contributed by atoms with E-state index in [9.17, 15) is 17.6 Å². The van der Waals surface area contributed by atoms with Crippen molar-refractivity contribution in [1.29, 1.82) is 0 Å². The van der Waals surface area contributed by atoms with E-state index in [2.05, 4.69) is 15.3 Å². The number of ether oxygens (including phenoxy) is 1. The Balaban J connectivity index is 1.58. The first-order valence-corrected chi connectivity index (χ1v) is 8.50. The number of hydrazine groups is 1. The fourth-order valence-corrected chi connectivity index (χ4v) is 2.88. The molecule has 1 N–H and O–H groups in total. The molecule has 0 amide bonds. The van der Waals surface area contributed by atoms with E-state index in [1.807, 2.05) is 30.3 Å². The lowest BCUT2D eigenvalue weighted by Gasteiger charge is -2.27. The highest BCUT2D eigenvalue weighted by molar-refractivity contribution is 5.69. The number of benzene rings is 2. The number of halogens is 4. The number of para-hydroxylation sites is 1. The number of anilines is 1. The van der Waals surface area contributed by atoms with Gasteiger partial charge >= 0.3 is 6.36 Å². The molecule has 0 atom stereocenters. The Bertz CT molecular complexity index is 1070. The zero-order valence-corrected chi connectivity index (χ0v) is 14.8. The van der Waals surface area contributed by atoms with Crippen molar-refractivity contribution in [2.24, 2.45) is 0 Å². The number of nitrogens with one attached hydrogen (secondary N) is 1. The van der Waals surface area contributed by atoms with Gasteiger partial charge in [-0.1, -0.05) is 18.2 Å². The number of hydrogen-bond donors (Lipinski definition) is 1. The van der Waals surface area contributed by atoms with Crippen LogP contribution in [0.5, 0.6) is 5.75 Å². The van der Waals surface area contributed by atoms with Gasteiger partial charge in [-0.15, -0.1) is 13.2 Å². The molecule has 3 aromatic rings. The summed E-state index contributed by atoms with van der Waals surface area (Å²) in [6.07, 6.45) is 1.77. The molecule has 29 heavy (non-hydrogen) atoms. The Morgan fingerprint density at radius 2 is 1.79 bits per heavy atom. The van der Waals surface area contributed by atoms with E-state index in [1.54, 1.807) is 35.3 Å². The van der Waals surface area contributed by atoms with Crippen molar-refractivity contribution in [1.82, 2.24) is 15.2 Å². The standard InChI is InChI=1S/C20H14F4N4O/c21-16-13-15(29-20(22,23)24)8-9-18(16)27-12-4-7-17(26-27)19-10-11-25-28(19)14-5-2-1-3-6-14/h1-13,26H. The molecular formula is C20H14F4N4O. The summed E-state index contributed by atoms with van der Waals surface area (Å²) >= 11 is 0. The van der Waals surface area contributed by atoms with Gasteiger partial charge in [-0.25, -0.2) is 9.07 Å². The van der Waals surface area contributed by atoms with E-state index in [0.29, 0.717) is 11.8 Å². The van der Waals surface area contributed by atoms with Gasteiger partial charge in [-0.05, 0) is 42.5 Å². The smallest absolute Gasteiger partial charge is 0.406 e. The van der Waals surface area contributed by atoms with Gasteiger partial charge in [-0.3, -0.25) is 10.4 Å². The Morgan fingerprint density at radius 3 is 2.52 bits per heavy atom. The second-order valence-electron chi connectivity index (χ2n) is 6.03. The lowest BCUT2D eigenvalue weighted by molar-refractivity contribution is -0.274. The molecule has 148 valence electrons. The maximum atomic E-state index is 14.4. The van der Waals surface area contributed by atoms with Crippen LogP contribution in [0.1, 0.15) is 5.69 Å². The minimum absolute atomic E-state index is 0.0344. The zero-order chi connectivity index (χ0) is 20.4. The van der Waals surface area contributed by atoms with Crippen LogP contribution >= 0.6 is 0 Å². The summed E-state index contributed by atoms with van der Waals surface area (Å²) in [4.78, 5) is 0. The zero-order valence-electron chi connectivity index (χ0n) is 14.8. The minimum Gasteiger partial charge on any atom is -0.406 e. The fourth-order valence-electron chi connectivity index (χ4n) is 2.88. The third kappa shape index (κ3) is 4.08. The van der Waals surface area contributed by atoms with Crippen LogP contribution in [0.25, 0.3) is 11.4 Å². The third-order valence-corrected chi connectivity index (χ3v) is 4.07. The van der Waals surface area contributed by atoms with Gasteiger partial charge in [0.2, 0.25) is 0 Å². The molecule has 1 aromatic heterocycles. The van der Waals surface area contributed by atoms with Crippen molar-refractivity contribution in [3.05, 3.63) is 90.7 Å². The molecule has 2 heterocycles. The van der Waals surface area contributed by atoms with E-state index in [1.165, 1.54) is 11.1 Å². The van der Waals surface area contributed by atoms with Gasteiger partial charge in [0.1, 0.15) is 5.75 Å². The van der Waals surface area contributed by atoms with Crippen molar-refractivity contribution in [3.63, 3.8) is 0 Å². The molecule has 9 heteroatoms. The van der Waals surface area contributed by atoms with Crippen LogP contribution in [0.3, 0.4) is 0 Å². The van der Waals surface area contributed by atoms with Gasteiger partial charge in [-0.2, -0.15) is 5.10 Å². The second kappa shape index (κ2) is 7.34. The molecule has 5 nitrogen and oxygen atoms in total. The van der Waals surface area contributed by atoms with Crippen LogP contribution in [0.15, 0.2) is 79.1 Å². The number of rotatable bonds is 4. The second-order valence-corrected chi connectivity index (χ2v) is 6.03. The number of aromatic nitrogens is 2. The van der Waals surface area contributed by atoms with Crippen LogP contribution in [0.2, 0.25) is 0 Å². The van der Waals surface area contributed by atoms with Gasteiger partial charge in [0.15, 0.2) is 5.82 Å². The molecule has 4 rings (SSSR count). The van der Waals surface area contributed by atoms with Gasteiger partial charge in [0, 0.05) is 12.3 Å². The SMILES string of the molecule is Fc1cc(OC(F)(F)F)ccc1N1C=CC=C(c2ccnn2-c2ccccc2)N1. The molecule has 0 fully saturated rings. The van der Waals surface area contributed by atoms with Gasteiger partial charge < -0.3 is 4.74 Å². The van der Waals surface area contributed by atoms with Crippen LogP contribution in [0.4, 0.5) is 23.2 Å². The monoisotopic (exact) mass is 402 g/mol. The third-order valence-electron chi connectivity index (χ3n) is 4.07. The fraction of sp³-hybridized carbons (Fsp3) is 0.0500. The first-order chi connectivity index (χ1) is 13.9. The molecule has 0 aliphatic carbocycles. The van der Waals surface area contributed by atoms with Crippen LogP contribution in [-0.4, -0.2) is 16.1 Å². The Morgan fingerprint density at radius 1 is 1.00 bits per heavy atom. The van der Waals surface area contributed by atoms with Crippen LogP contribution in [-0.2, 0) is 0 Å². The maximum absolute atomic E-state index is 14.4. The van der Waals surface area contributed by atoms with Crippen molar-refractivity contribution >= 4 is 11.4 Å². The summed E-state index contributed by atoms with van der Waals surface area (Å²) in [5, 5.41) is 5.68. The summed E-state index contributed by atoms with van der Waals surface area (Å²) < 4.78 is 56.8. The van der Waals surface area contributed by atoms with E-state index < -0.39 is 17.9 Å². The van der Waals surface area contributed by atoms with E-state index in [0.717, 1.165) is 17.4 Å². The van der Waals surface area contributed by atoms with E-state index in [4.69, 9.17) is 0 Å². The lowest BCUT2D eigenvalue weighted by Crippen LogP contribution is -2.35. The Labute approximate surface area is 163 Å². The molecule has 0 saturated carbocycles. The topological polar surface area (TPSA) is 42.3 Å². The van der Waals surface area contributed by atoms with Crippen molar-refractivity contribution in [2.45, 2.75) is 6.36 Å². The molecule has 1 aliphatic rings. The average Bonchev–Trinajstić information content (AvgIpc) is 3.17. The largest absolute Gasteiger partial charge is 0.573 e. The van der Waals surface area contributed by atoms with Gasteiger partial charge in [0.25, 0.3) is 0 Å². The molecule has 0 spiro atoms. The molecule has 1 aliphatic heterocycles.